The van der Waals surface area contributed by atoms with Crippen molar-refractivity contribution in [1.82, 2.24) is 5.01 Å². The smallest absolute Gasteiger partial charge is 0.341 e. The van der Waals surface area contributed by atoms with Gasteiger partial charge in [0.15, 0.2) is 24.0 Å². The number of amidine groups is 1. The monoisotopic (exact) mass is 463 g/mol. The Morgan fingerprint density at radius 2 is 2.03 bits per heavy atom. The van der Waals surface area contributed by atoms with E-state index in [2.05, 4.69) is 9.50 Å². The van der Waals surface area contributed by atoms with Crippen molar-refractivity contribution < 1.29 is 32.2 Å². The fraction of sp³-hybridized carbons (Fsp3) is 0.286. The first-order valence-corrected chi connectivity index (χ1v) is 11.0. The average molecular weight is 463 g/mol. The van der Waals surface area contributed by atoms with Crippen LogP contribution in [-0.2, 0) is 14.8 Å². The molecule has 1 N–H and O–H groups in total. The lowest BCUT2D eigenvalue weighted by Crippen LogP contribution is -2.29. The number of aliphatic carboxylic acids is 1. The van der Waals surface area contributed by atoms with Crippen LogP contribution in [0, 0.1) is 11.7 Å². The van der Waals surface area contributed by atoms with Gasteiger partial charge in [-0.05, 0) is 41.8 Å². The summed E-state index contributed by atoms with van der Waals surface area (Å²) in [6, 6.07) is 8.33. The number of methoxy groups -OCH3 is 1. The van der Waals surface area contributed by atoms with Crippen LogP contribution < -0.4 is 9.47 Å². The van der Waals surface area contributed by atoms with Crippen molar-refractivity contribution in [2.24, 2.45) is 15.4 Å². The van der Waals surface area contributed by atoms with Crippen molar-refractivity contribution in [3.63, 3.8) is 0 Å². The number of ether oxygens (including phenoxy) is 2. The molecule has 2 aromatic rings. The summed E-state index contributed by atoms with van der Waals surface area (Å²) >= 11 is 0. The summed E-state index contributed by atoms with van der Waals surface area (Å²) in [6.45, 7) is 3.63. The highest BCUT2D eigenvalue weighted by Gasteiger charge is 2.33. The first kappa shape index (κ1) is 23.2. The summed E-state index contributed by atoms with van der Waals surface area (Å²) in [6.07, 6.45) is 1.45. The zero-order valence-corrected chi connectivity index (χ0v) is 18.5. The molecular formula is C21H22FN3O6S. The number of rotatable bonds is 8. The number of hydrogen-bond acceptors (Lipinski definition) is 7. The number of nitrogens with zero attached hydrogens (tertiary/aromatic N) is 3. The number of carbonyl (C=O) groups is 1. The van der Waals surface area contributed by atoms with Crippen molar-refractivity contribution in [3.05, 3.63) is 53.3 Å². The third-order valence-electron chi connectivity index (χ3n) is 4.34. The molecule has 1 aliphatic rings. The molecule has 2 aromatic carbocycles. The van der Waals surface area contributed by atoms with Gasteiger partial charge in [-0.2, -0.15) is 13.5 Å². The molecule has 0 aromatic heterocycles. The molecule has 0 fully saturated rings. The predicted molar refractivity (Wildman–Crippen MR) is 115 cm³/mol. The van der Waals surface area contributed by atoms with Gasteiger partial charge in [0.2, 0.25) is 0 Å². The minimum Gasteiger partial charge on any atom is -0.494 e. The molecule has 0 radical (unpaired) electrons. The van der Waals surface area contributed by atoms with E-state index < -0.39 is 28.4 Å². The minimum absolute atomic E-state index is 0.0254. The van der Waals surface area contributed by atoms with Crippen LogP contribution in [0.3, 0.4) is 0 Å². The molecular weight excluding hydrogens is 441 g/mol. The maximum Gasteiger partial charge on any atom is 0.341 e. The van der Waals surface area contributed by atoms with E-state index in [0.717, 1.165) is 0 Å². The highest BCUT2D eigenvalue weighted by molar-refractivity contribution is 7.90. The molecule has 32 heavy (non-hydrogen) atoms. The Balaban J connectivity index is 1.99. The number of carboxylic acid groups (broad SMARTS) is 1. The largest absolute Gasteiger partial charge is 0.494 e. The van der Waals surface area contributed by atoms with Gasteiger partial charge in [-0.15, -0.1) is 4.40 Å². The predicted octanol–water partition coefficient (Wildman–Crippen LogP) is 2.74. The van der Waals surface area contributed by atoms with E-state index in [9.17, 15) is 17.6 Å². The van der Waals surface area contributed by atoms with Crippen LogP contribution in [0.5, 0.6) is 11.5 Å². The summed E-state index contributed by atoms with van der Waals surface area (Å²) in [5.74, 6) is -1.26. The first-order chi connectivity index (χ1) is 15.1. The summed E-state index contributed by atoms with van der Waals surface area (Å²) in [7, 11) is -2.60. The standard InChI is InChI=1S/C21H22FN3O6S/c1-13(2)11-25(23-10-14-4-6-17(22)18(8-14)30-3)21-16-9-15(31-12-20(26)27)5-7-19(16)32(28,29)24-21/h4-10,13H,11-12H2,1-3H3,(H,26,27)/b23-10+. The summed E-state index contributed by atoms with van der Waals surface area (Å²) in [5, 5.41) is 14.6. The molecule has 3 rings (SSSR count). The van der Waals surface area contributed by atoms with Crippen molar-refractivity contribution >= 4 is 28.0 Å². The number of fused-ring (bicyclic) bond motifs is 1. The number of halogens is 1. The highest BCUT2D eigenvalue weighted by Crippen LogP contribution is 2.31. The van der Waals surface area contributed by atoms with Crippen LogP contribution >= 0.6 is 0 Å². The fourth-order valence-corrected chi connectivity index (χ4v) is 4.16. The molecule has 0 spiro atoms. The molecule has 0 saturated carbocycles. The Kier molecular flexibility index (Phi) is 6.78. The molecule has 0 bridgehead atoms. The quantitative estimate of drug-likeness (QED) is 0.472. The van der Waals surface area contributed by atoms with E-state index in [4.69, 9.17) is 14.6 Å². The van der Waals surface area contributed by atoms with Crippen LogP contribution in [0.1, 0.15) is 25.0 Å². The van der Waals surface area contributed by atoms with Gasteiger partial charge in [-0.25, -0.2) is 14.2 Å². The van der Waals surface area contributed by atoms with Crippen molar-refractivity contribution in [3.8, 4) is 11.5 Å². The van der Waals surface area contributed by atoms with E-state index in [1.165, 1.54) is 54.7 Å². The second-order valence-corrected chi connectivity index (χ2v) is 8.92. The molecule has 1 heterocycles. The number of hydrazone groups is 1. The molecule has 0 atom stereocenters. The molecule has 170 valence electrons. The SMILES string of the molecule is COc1cc(/C=N/N(CC(C)C)C2=NS(=O)(=O)c3ccc(OCC(=O)O)cc32)ccc1F. The molecule has 0 aliphatic carbocycles. The zero-order valence-electron chi connectivity index (χ0n) is 17.6. The first-order valence-electron chi connectivity index (χ1n) is 9.59. The second kappa shape index (κ2) is 9.35. The van der Waals surface area contributed by atoms with Crippen molar-refractivity contribution in [2.45, 2.75) is 18.7 Å². The zero-order chi connectivity index (χ0) is 23.5. The lowest BCUT2D eigenvalue weighted by molar-refractivity contribution is -0.139. The van der Waals surface area contributed by atoms with Crippen LogP contribution in [0.25, 0.3) is 0 Å². The van der Waals surface area contributed by atoms with Crippen LogP contribution in [0.15, 0.2) is 50.8 Å². The third kappa shape index (κ3) is 5.22. The van der Waals surface area contributed by atoms with E-state index in [0.29, 0.717) is 12.1 Å². The van der Waals surface area contributed by atoms with Gasteiger partial charge in [0.05, 0.1) is 13.3 Å². The van der Waals surface area contributed by atoms with Crippen molar-refractivity contribution in [1.29, 1.82) is 0 Å². The third-order valence-corrected chi connectivity index (χ3v) is 5.67. The van der Waals surface area contributed by atoms with Gasteiger partial charge in [0.1, 0.15) is 10.6 Å². The van der Waals surface area contributed by atoms with Gasteiger partial charge in [0, 0.05) is 12.1 Å². The molecule has 9 nitrogen and oxygen atoms in total. The topological polar surface area (TPSA) is 118 Å². The van der Waals surface area contributed by atoms with Crippen LogP contribution in [0.4, 0.5) is 4.39 Å². The minimum atomic E-state index is -3.95. The normalized spacial score (nSPS) is 14.3. The molecule has 11 heteroatoms. The lowest BCUT2D eigenvalue weighted by atomic mass is 10.1. The second-order valence-electron chi connectivity index (χ2n) is 7.34. The molecule has 1 aliphatic heterocycles. The molecule has 0 unspecified atom stereocenters. The number of carboxylic acids is 1. The van der Waals surface area contributed by atoms with Gasteiger partial charge in [0.25, 0.3) is 10.0 Å². The molecule has 0 amide bonds. The summed E-state index contributed by atoms with van der Waals surface area (Å²) < 4.78 is 52.8. The van der Waals surface area contributed by atoms with E-state index in [-0.39, 0.29) is 33.7 Å². The fourth-order valence-electron chi connectivity index (χ4n) is 2.97. The Morgan fingerprint density at radius 1 is 1.28 bits per heavy atom. The number of sulfonamides is 1. The Bertz CT molecular complexity index is 1190. The molecule has 0 saturated heterocycles. The van der Waals surface area contributed by atoms with Gasteiger partial charge < -0.3 is 14.6 Å². The summed E-state index contributed by atoms with van der Waals surface area (Å²) in [5.41, 5.74) is 0.791. The highest BCUT2D eigenvalue weighted by atomic mass is 32.2. The van der Waals surface area contributed by atoms with Gasteiger partial charge in [-0.1, -0.05) is 19.9 Å². The van der Waals surface area contributed by atoms with Crippen LogP contribution in [-0.4, -0.2) is 56.8 Å². The van der Waals surface area contributed by atoms with E-state index >= 15 is 0 Å². The van der Waals surface area contributed by atoms with E-state index in [1.54, 1.807) is 0 Å². The summed E-state index contributed by atoms with van der Waals surface area (Å²) in [4.78, 5) is 10.8. The Labute approximate surface area is 184 Å². The van der Waals surface area contributed by atoms with E-state index in [1.807, 2.05) is 13.8 Å². The van der Waals surface area contributed by atoms with Gasteiger partial charge in [-0.3, -0.25) is 0 Å². The van der Waals surface area contributed by atoms with Crippen LogP contribution in [0.2, 0.25) is 0 Å². The Hall–Kier alpha value is -3.47. The number of benzene rings is 2. The maximum absolute atomic E-state index is 13.7. The lowest BCUT2D eigenvalue weighted by Gasteiger charge is -2.21. The maximum atomic E-state index is 13.7. The average Bonchev–Trinajstić information content (AvgIpc) is 3.00. The number of hydrogen-bond donors (Lipinski definition) is 1. The Morgan fingerprint density at radius 3 is 2.69 bits per heavy atom. The van der Waals surface area contributed by atoms with Gasteiger partial charge >= 0.3 is 5.97 Å². The van der Waals surface area contributed by atoms with Crippen molar-refractivity contribution in [2.75, 3.05) is 20.3 Å².